The maximum absolute atomic E-state index is 13.1. The molecule has 0 spiro atoms. The van der Waals surface area contributed by atoms with E-state index in [0.29, 0.717) is 11.1 Å². The molecule has 1 aliphatic heterocycles. The van der Waals surface area contributed by atoms with E-state index in [1.807, 2.05) is 12.1 Å². The van der Waals surface area contributed by atoms with Gasteiger partial charge in [-0.05, 0) is 50.5 Å². The number of hydrogen-bond acceptors (Lipinski definition) is 6. The summed E-state index contributed by atoms with van der Waals surface area (Å²) in [6, 6.07) is 6.05. The molecule has 0 saturated carbocycles. The van der Waals surface area contributed by atoms with Crippen molar-refractivity contribution in [2.24, 2.45) is 0 Å². The van der Waals surface area contributed by atoms with Gasteiger partial charge in [-0.3, -0.25) is 14.5 Å². The lowest BCUT2D eigenvalue weighted by molar-refractivity contribution is -0.141. The molecule has 1 aromatic heterocycles. The van der Waals surface area contributed by atoms with Crippen LogP contribution >= 0.6 is 11.3 Å². The normalized spacial score (nSPS) is 16.4. The fraction of sp³-hybridized carbons (Fsp3) is 0.593. The molecule has 0 aliphatic carbocycles. The molecule has 0 bridgehead atoms. The van der Waals surface area contributed by atoms with Crippen molar-refractivity contribution in [1.29, 1.82) is 5.26 Å². The largest absolute Gasteiger partial charge is 0.392 e. The summed E-state index contributed by atoms with van der Waals surface area (Å²) in [7, 11) is 0. The summed E-state index contributed by atoms with van der Waals surface area (Å²) in [5.41, 5.74) is 0.685. The average molecular weight is 486 g/mol. The summed E-state index contributed by atoms with van der Waals surface area (Å²) in [6.45, 7) is 9.51. The number of hydrogen-bond donors (Lipinski definition) is 1. The first-order valence-corrected chi connectivity index (χ1v) is 13.4. The van der Waals surface area contributed by atoms with Crippen LogP contribution in [0.25, 0.3) is 6.08 Å². The first-order chi connectivity index (χ1) is 16.3. The molecule has 34 heavy (non-hydrogen) atoms. The number of β-amino-alcohol motifs (C(OH)–C–C–N with tert-alkyl or cyclic N) is 1. The van der Waals surface area contributed by atoms with Gasteiger partial charge >= 0.3 is 0 Å². The maximum Gasteiger partial charge on any atom is 0.271 e. The first kappa shape index (κ1) is 27.8. The van der Waals surface area contributed by atoms with Crippen LogP contribution in [-0.4, -0.2) is 47.6 Å². The van der Waals surface area contributed by atoms with E-state index in [1.165, 1.54) is 50.4 Å². The maximum atomic E-state index is 13.1. The van der Waals surface area contributed by atoms with E-state index < -0.39 is 17.9 Å². The number of amides is 2. The van der Waals surface area contributed by atoms with E-state index in [4.69, 9.17) is 0 Å². The fourth-order valence-electron chi connectivity index (χ4n) is 4.08. The van der Waals surface area contributed by atoms with Crippen molar-refractivity contribution in [3.63, 3.8) is 0 Å². The molecule has 0 saturated heterocycles. The van der Waals surface area contributed by atoms with Crippen molar-refractivity contribution < 1.29 is 14.7 Å². The number of nitriles is 1. The van der Waals surface area contributed by atoms with Gasteiger partial charge in [-0.15, -0.1) is 11.3 Å². The minimum absolute atomic E-state index is 0.0447. The Morgan fingerprint density at radius 1 is 1.06 bits per heavy atom. The zero-order chi connectivity index (χ0) is 25.1. The minimum atomic E-state index is -0.866. The third-order valence-electron chi connectivity index (χ3n) is 6.05. The van der Waals surface area contributed by atoms with Crippen molar-refractivity contribution >= 4 is 34.2 Å². The van der Waals surface area contributed by atoms with Crippen LogP contribution in [-0.2, 0) is 9.59 Å². The third kappa shape index (κ3) is 7.54. The summed E-state index contributed by atoms with van der Waals surface area (Å²) < 4.78 is 0. The second-order valence-corrected chi connectivity index (χ2v) is 10.1. The molecule has 0 fully saturated rings. The molecule has 6 nitrogen and oxygen atoms in total. The Hall–Kier alpha value is -2.43. The molecule has 2 rings (SSSR count). The number of aliphatic hydroxyl groups excluding tert-OH is 1. The Labute approximate surface area is 208 Å². The lowest BCUT2D eigenvalue weighted by Crippen LogP contribution is -2.45. The molecule has 7 heteroatoms. The van der Waals surface area contributed by atoms with Crippen LogP contribution in [0.2, 0.25) is 0 Å². The summed E-state index contributed by atoms with van der Waals surface area (Å²) >= 11 is 1.63. The lowest BCUT2D eigenvalue weighted by atomic mass is 9.94. The van der Waals surface area contributed by atoms with Gasteiger partial charge in [0.25, 0.3) is 11.8 Å². The summed E-state index contributed by atoms with van der Waals surface area (Å²) in [4.78, 5) is 30.0. The summed E-state index contributed by atoms with van der Waals surface area (Å²) in [5.74, 6) is -1.10. The van der Waals surface area contributed by atoms with Crippen molar-refractivity contribution in [1.82, 2.24) is 4.90 Å². The molecule has 1 aromatic rings. The SMILES string of the molecule is CCCCCCN(CCCCCC)c1ccc(/C=C2/C(=O)N(CC(C)O)C(=O)C(C#N)=C2C)s1. The van der Waals surface area contributed by atoms with Crippen LogP contribution in [0.1, 0.15) is 83.9 Å². The number of imide groups is 1. The highest BCUT2D eigenvalue weighted by atomic mass is 32.1. The number of rotatable bonds is 14. The van der Waals surface area contributed by atoms with Gasteiger partial charge in [-0.2, -0.15) is 5.26 Å². The number of unbranched alkanes of at least 4 members (excludes halogenated alkanes) is 6. The topological polar surface area (TPSA) is 84.6 Å². The molecular formula is C27H39N3O3S. The average Bonchev–Trinajstić information content (AvgIpc) is 3.27. The van der Waals surface area contributed by atoms with Crippen molar-refractivity contribution in [2.75, 3.05) is 24.5 Å². The number of nitrogens with zero attached hydrogens (tertiary/aromatic N) is 3. The minimum Gasteiger partial charge on any atom is -0.392 e. The van der Waals surface area contributed by atoms with Crippen molar-refractivity contribution in [3.8, 4) is 6.07 Å². The van der Waals surface area contributed by atoms with E-state index >= 15 is 0 Å². The van der Waals surface area contributed by atoms with Gasteiger partial charge in [0.15, 0.2) is 0 Å². The molecule has 1 aliphatic rings. The van der Waals surface area contributed by atoms with Gasteiger partial charge in [0, 0.05) is 23.5 Å². The monoisotopic (exact) mass is 485 g/mol. The molecule has 186 valence electrons. The molecule has 2 heterocycles. The third-order valence-corrected chi connectivity index (χ3v) is 7.14. The fourth-order valence-corrected chi connectivity index (χ4v) is 5.08. The van der Waals surface area contributed by atoms with Gasteiger partial charge in [0.2, 0.25) is 0 Å². The Morgan fingerprint density at radius 3 is 2.21 bits per heavy atom. The van der Waals surface area contributed by atoms with E-state index in [-0.39, 0.29) is 12.1 Å². The molecule has 1 unspecified atom stereocenters. The smallest absolute Gasteiger partial charge is 0.271 e. The Balaban J connectivity index is 2.28. The van der Waals surface area contributed by atoms with Gasteiger partial charge in [-0.1, -0.05) is 52.4 Å². The Morgan fingerprint density at radius 2 is 1.68 bits per heavy atom. The van der Waals surface area contributed by atoms with Crippen molar-refractivity contribution in [2.45, 2.75) is 85.2 Å². The van der Waals surface area contributed by atoms with Crippen LogP contribution in [0.5, 0.6) is 0 Å². The van der Waals surface area contributed by atoms with Gasteiger partial charge in [-0.25, -0.2) is 0 Å². The number of carbonyl (C=O) groups is 2. The highest BCUT2D eigenvalue weighted by Crippen LogP contribution is 2.32. The van der Waals surface area contributed by atoms with Crippen LogP contribution in [0.15, 0.2) is 28.9 Å². The summed E-state index contributed by atoms with van der Waals surface area (Å²) in [6.07, 6.45) is 10.6. The van der Waals surface area contributed by atoms with Crippen molar-refractivity contribution in [3.05, 3.63) is 33.7 Å². The highest BCUT2D eigenvalue weighted by molar-refractivity contribution is 7.17. The van der Waals surface area contributed by atoms with Crippen LogP contribution in [0, 0.1) is 11.3 Å². The van der Waals surface area contributed by atoms with Crippen LogP contribution < -0.4 is 4.90 Å². The molecule has 0 aromatic carbocycles. The molecule has 1 N–H and O–H groups in total. The predicted octanol–water partition coefficient (Wildman–Crippen LogP) is 5.69. The van der Waals surface area contributed by atoms with Gasteiger partial charge in [0.1, 0.15) is 11.6 Å². The van der Waals surface area contributed by atoms with Gasteiger partial charge in [0.05, 0.1) is 17.6 Å². The second kappa shape index (κ2) is 14.1. The number of aliphatic hydroxyl groups is 1. The molecule has 2 amide bonds. The van der Waals surface area contributed by atoms with Crippen LogP contribution in [0.3, 0.4) is 0 Å². The zero-order valence-electron chi connectivity index (χ0n) is 21.1. The number of thiophene rings is 1. The number of anilines is 1. The van der Waals surface area contributed by atoms with E-state index in [2.05, 4.69) is 24.8 Å². The van der Waals surface area contributed by atoms with E-state index in [0.717, 1.165) is 35.7 Å². The highest BCUT2D eigenvalue weighted by Gasteiger charge is 2.36. The molecule has 1 atom stereocenters. The van der Waals surface area contributed by atoms with Crippen LogP contribution in [0.4, 0.5) is 5.00 Å². The van der Waals surface area contributed by atoms with Gasteiger partial charge < -0.3 is 10.0 Å². The predicted molar refractivity (Wildman–Crippen MR) is 140 cm³/mol. The molecule has 0 radical (unpaired) electrons. The Bertz CT molecular complexity index is 927. The van der Waals surface area contributed by atoms with E-state index in [1.54, 1.807) is 24.3 Å². The number of carbonyl (C=O) groups excluding carboxylic acids is 2. The quantitative estimate of drug-likeness (QED) is 0.208. The zero-order valence-corrected chi connectivity index (χ0v) is 21.9. The van der Waals surface area contributed by atoms with E-state index in [9.17, 15) is 20.0 Å². The lowest BCUT2D eigenvalue weighted by Gasteiger charge is -2.28. The standard InChI is InChI=1S/C27H39N3O3S/c1-5-7-9-11-15-29(16-12-10-8-6-2)25-14-13-22(34-25)17-23-21(4)24(18-28)27(33)30(26(23)32)19-20(3)31/h13-14,17,20,31H,5-12,15-16,19H2,1-4H3/b23-17+. The first-order valence-electron chi connectivity index (χ1n) is 12.6. The second-order valence-electron chi connectivity index (χ2n) is 9.02. The summed E-state index contributed by atoms with van der Waals surface area (Å²) in [5, 5.41) is 20.4. The Kier molecular flexibility index (Phi) is 11.5. The molecular weight excluding hydrogens is 446 g/mol.